The number of benzene rings is 2. The third-order valence-electron chi connectivity index (χ3n) is 7.80. The number of aromatic amines is 2. The molecule has 11 nitrogen and oxygen atoms in total. The molecule has 0 spiro atoms. The van der Waals surface area contributed by atoms with E-state index in [0.717, 1.165) is 13.1 Å². The highest BCUT2D eigenvalue weighted by molar-refractivity contribution is 8.00. The summed E-state index contributed by atoms with van der Waals surface area (Å²) < 4.78 is 43.1. The smallest absolute Gasteiger partial charge is 0.446 e. The maximum Gasteiger partial charge on any atom is 0.446 e. The van der Waals surface area contributed by atoms with Crippen molar-refractivity contribution in [2.24, 2.45) is 0 Å². The lowest BCUT2D eigenvalue weighted by atomic mass is 10.0. The number of thioether (sulfide) groups is 1. The second-order valence-corrected chi connectivity index (χ2v) is 12.1. The molecule has 0 bridgehead atoms. The van der Waals surface area contributed by atoms with Crippen molar-refractivity contribution in [2.75, 3.05) is 38.6 Å². The number of H-pyrrole nitrogens is 2. The second-order valence-electron chi connectivity index (χ2n) is 11.0. The number of anilines is 1. The van der Waals surface area contributed by atoms with Crippen LogP contribution in [0, 0.1) is 0 Å². The number of rotatable bonds is 9. The summed E-state index contributed by atoms with van der Waals surface area (Å²) in [5.41, 5.74) is -2.87. The summed E-state index contributed by atoms with van der Waals surface area (Å²) in [5.74, 6) is -0.191. The molecule has 2 aromatic heterocycles. The molecular formula is C30H29F3N6O5S. The lowest BCUT2D eigenvalue weighted by Crippen LogP contribution is -2.46. The first-order chi connectivity index (χ1) is 21.5. The van der Waals surface area contributed by atoms with Crippen molar-refractivity contribution in [1.29, 1.82) is 0 Å². The number of alkyl halides is 3. The lowest BCUT2D eigenvalue weighted by molar-refractivity contribution is -0.0328. The van der Waals surface area contributed by atoms with Crippen molar-refractivity contribution >= 4 is 40.3 Å². The topological polar surface area (TPSA) is 144 Å². The van der Waals surface area contributed by atoms with E-state index < -0.39 is 17.2 Å². The number of pyridine rings is 1. The molecule has 2 aromatic carbocycles. The average molecular weight is 643 g/mol. The zero-order valence-corrected chi connectivity index (χ0v) is 24.8. The van der Waals surface area contributed by atoms with Crippen molar-refractivity contribution in [3.05, 3.63) is 70.1 Å². The minimum atomic E-state index is -4.39. The number of amides is 2. The summed E-state index contributed by atoms with van der Waals surface area (Å²) >= 11 is -0.232. The van der Waals surface area contributed by atoms with E-state index in [-0.39, 0.29) is 70.4 Å². The van der Waals surface area contributed by atoms with Gasteiger partial charge in [0, 0.05) is 23.7 Å². The van der Waals surface area contributed by atoms with Gasteiger partial charge < -0.3 is 30.0 Å². The number of aromatic nitrogens is 3. The fourth-order valence-corrected chi connectivity index (χ4v) is 6.08. The van der Waals surface area contributed by atoms with E-state index in [1.807, 2.05) is 7.05 Å². The van der Waals surface area contributed by atoms with E-state index in [2.05, 4.69) is 25.2 Å². The van der Waals surface area contributed by atoms with E-state index in [9.17, 15) is 32.7 Å². The molecule has 6 rings (SSSR count). The van der Waals surface area contributed by atoms with Gasteiger partial charge in [-0.05, 0) is 87.2 Å². The number of carbonyl (C=O) groups is 2. The number of halogens is 3. The van der Waals surface area contributed by atoms with Crippen LogP contribution in [0.1, 0.15) is 33.6 Å². The molecule has 0 radical (unpaired) electrons. The number of aliphatic hydroxyl groups is 1. The number of piperidine rings is 1. The average Bonchev–Trinajstić information content (AvgIpc) is 3.51. The Balaban J connectivity index is 1.14. The van der Waals surface area contributed by atoms with Gasteiger partial charge in [-0.15, -0.1) is 0 Å². The molecule has 1 saturated heterocycles. The molecule has 0 aliphatic carbocycles. The first-order valence-electron chi connectivity index (χ1n) is 14.2. The van der Waals surface area contributed by atoms with E-state index in [1.165, 1.54) is 35.4 Å². The van der Waals surface area contributed by atoms with E-state index in [0.29, 0.717) is 35.1 Å². The van der Waals surface area contributed by atoms with Crippen LogP contribution in [0.4, 0.5) is 18.9 Å². The summed E-state index contributed by atoms with van der Waals surface area (Å²) in [6.07, 6.45) is 1.83. The molecule has 45 heavy (non-hydrogen) atoms. The van der Waals surface area contributed by atoms with E-state index in [1.54, 1.807) is 18.2 Å². The Labute approximate surface area is 258 Å². The number of fused-ring (bicyclic) bond motifs is 2. The summed E-state index contributed by atoms with van der Waals surface area (Å²) in [6, 6.07) is 9.93. The molecule has 4 N–H and O–H groups in total. The molecule has 2 aliphatic rings. The Hall–Kier alpha value is -4.34. The quantitative estimate of drug-likeness (QED) is 0.157. The Bertz CT molecular complexity index is 1750. The second kappa shape index (κ2) is 12.2. The molecular weight excluding hydrogens is 613 g/mol. The first kappa shape index (κ1) is 30.7. The number of ether oxygens (including phenoxy) is 1. The SMILES string of the molecule is CN1CCC(N2C(=O)c3cc4nc(-c5c(NCC(O)COc6ccc(SC(F)(F)F)cc6)cc[nH]c5=O)[nH]c4cc3C2=O)CC1. The predicted molar refractivity (Wildman–Crippen MR) is 162 cm³/mol. The number of imidazole rings is 1. The van der Waals surface area contributed by atoms with Gasteiger partial charge in [0.2, 0.25) is 0 Å². The molecule has 1 unspecified atom stereocenters. The number of carbonyl (C=O) groups excluding carboxylic acids is 2. The molecule has 4 aromatic rings. The van der Waals surface area contributed by atoms with Crippen LogP contribution in [0.5, 0.6) is 5.75 Å². The van der Waals surface area contributed by atoms with Crippen molar-refractivity contribution in [1.82, 2.24) is 24.8 Å². The first-order valence-corrected chi connectivity index (χ1v) is 15.0. The Morgan fingerprint density at radius 3 is 2.47 bits per heavy atom. The highest BCUT2D eigenvalue weighted by Crippen LogP contribution is 2.37. The fourth-order valence-electron chi connectivity index (χ4n) is 5.54. The highest BCUT2D eigenvalue weighted by Gasteiger charge is 2.41. The predicted octanol–water partition coefficient (Wildman–Crippen LogP) is 4.07. The van der Waals surface area contributed by atoms with Crippen molar-refractivity contribution in [3.63, 3.8) is 0 Å². The van der Waals surface area contributed by atoms with Gasteiger partial charge >= 0.3 is 5.51 Å². The molecule has 236 valence electrons. The van der Waals surface area contributed by atoms with Gasteiger partial charge in [0.25, 0.3) is 17.4 Å². The van der Waals surface area contributed by atoms with Crippen LogP contribution in [-0.4, -0.2) is 92.6 Å². The van der Waals surface area contributed by atoms with Gasteiger partial charge in [-0.3, -0.25) is 19.3 Å². The van der Waals surface area contributed by atoms with Gasteiger partial charge in [0.1, 0.15) is 29.8 Å². The summed E-state index contributed by atoms with van der Waals surface area (Å²) in [4.78, 5) is 53.3. The number of hydrogen-bond acceptors (Lipinski definition) is 9. The van der Waals surface area contributed by atoms with Crippen LogP contribution in [0.25, 0.3) is 22.4 Å². The Morgan fingerprint density at radius 2 is 1.78 bits per heavy atom. The normalized spacial score (nSPS) is 16.8. The zero-order chi connectivity index (χ0) is 31.9. The van der Waals surface area contributed by atoms with Crippen molar-refractivity contribution in [2.45, 2.75) is 35.4 Å². The summed E-state index contributed by atoms with van der Waals surface area (Å²) in [7, 11) is 2.01. The molecule has 2 aliphatic heterocycles. The van der Waals surface area contributed by atoms with Crippen LogP contribution >= 0.6 is 11.8 Å². The largest absolute Gasteiger partial charge is 0.491 e. The minimum absolute atomic E-state index is 0.0157. The minimum Gasteiger partial charge on any atom is -0.491 e. The maximum atomic E-state index is 13.3. The third kappa shape index (κ3) is 6.55. The Kier molecular flexibility index (Phi) is 8.33. The third-order valence-corrected chi connectivity index (χ3v) is 8.54. The van der Waals surface area contributed by atoms with E-state index in [4.69, 9.17) is 4.74 Å². The lowest BCUT2D eigenvalue weighted by Gasteiger charge is -2.33. The van der Waals surface area contributed by atoms with Crippen LogP contribution in [-0.2, 0) is 0 Å². The standard InChI is InChI=1S/C30H29F3N6O5S/c1-38-10-7-16(8-11-38)39-28(42)20-12-23-24(13-21(20)29(39)43)37-26(36-23)25-22(6-9-34-27(25)41)35-14-17(40)15-44-18-2-4-19(5-3-18)45-30(31,32)33/h2-6,9,12-13,16-17,40H,7-8,10-11,14-15H2,1H3,(H,36,37)(H2,34,35,41). The van der Waals surface area contributed by atoms with Gasteiger partial charge in [-0.2, -0.15) is 13.2 Å². The van der Waals surface area contributed by atoms with Gasteiger partial charge in [0.05, 0.1) is 27.8 Å². The van der Waals surface area contributed by atoms with Crippen molar-refractivity contribution in [3.8, 4) is 17.1 Å². The number of nitrogens with one attached hydrogen (secondary N) is 3. The van der Waals surface area contributed by atoms with E-state index >= 15 is 0 Å². The number of aliphatic hydroxyl groups excluding tert-OH is 1. The monoisotopic (exact) mass is 642 g/mol. The van der Waals surface area contributed by atoms with Crippen molar-refractivity contribution < 1.29 is 32.6 Å². The highest BCUT2D eigenvalue weighted by atomic mass is 32.2. The molecule has 1 atom stereocenters. The van der Waals surface area contributed by atoms with Gasteiger partial charge in [-0.1, -0.05) is 0 Å². The van der Waals surface area contributed by atoms with Crippen LogP contribution in [0.3, 0.4) is 0 Å². The molecule has 1 fully saturated rings. The zero-order valence-electron chi connectivity index (χ0n) is 24.0. The van der Waals surface area contributed by atoms with Gasteiger partial charge in [0.15, 0.2) is 0 Å². The number of imide groups is 1. The molecule has 4 heterocycles. The van der Waals surface area contributed by atoms with Crippen LogP contribution in [0.2, 0.25) is 0 Å². The number of nitrogens with zero attached hydrogens (tertiary/aromatic N) is 3. The maximum absolute atomic E-state index is 13.3. The number of hydrogen-bond donors (Lipinski definition) is 4. The summed E-state index contributed by atoms with van der Waals surface area (Å²) in [5, 5.41) is 13.5. The Morgan fingerprint density at radius 1 is 1.09 bits per heavy atom. The van der Waals surface area contributed by atoms with Crippen LogP contribution in [0.15, 0.2) is 58.4 Å². The van der Waals surface area contributed by atoms with Gasteiger partial charge in [-0.25, -0.2) is 4.98 Å². The molecule has 0 saturated carbocycles. The summed E-state index contributed by atoms with van der Waals surface area (Å²) in [6.45, 7) is 1.42. The number of likely N-dealkylation sites (tertiary alicyclic amines) is 1. The molecule has 2 amide bonds. The molecule has 15 heteroatoms. The van der Waals surface area contributed by atoms with Crippen LogP contribution < -0.4 is 15.6 Å². The fraction of sp³-hybridized carbons (Fsp3) is 0.333.